The Bertz CT molecular complexity index is 807. The van der Waals surface area contributed by atoms with Crippen molar-refractivity contribution in [2.75, 3.05) is 17.6 Å². The molecule has 2 aromatic carbocycles. The quantitative estimate of drug-likeness (QED) is 0.899. The second kappa shape index (κ2) is 7.02. The molecule has 1 N–H and O–H groups in total. The molecule has 2 aromatic rings. The highest BCUT2D eigenvalue weighted by Gasteiger charge is 2.17. The fourth-order valence-corrected chi connectivity index (χ4v) is 2.76. The van der Waals surface area contributed by atoms with Crippen LogP contribution in [-0.2, 0) is 16.6 Å². The predicted octanol–water partition coefficient (Wildman–Crippen LogP) is 2.67. The Hall–Kier alpha value is -2.05. The molecule has 0 heterocycles. The van der Waals surface area contributed by atoms with E-state index in [-0.39, 0.29) is 16.6 Å². The molecule has 0 saturated heterocycles. The number of anilines is 1. The molecular formula is C16H17ClN2O3S. The number of nitrogens with zero attached hydrogens (tertiary/aromatic N) is 1. The minimum absolute atomic E-state index is 0.262. The first-order valence-corrected chi connectivity index (χ1v) is 9.07. The maximum atomic E-state index is 12.2. The maximum Gasteiger partial charge on any atom is 0.251 e. The molecule has 23 heavy (non-hydrogen) atoms. The normalized spacial score (nSPS) is 11.1. The van der Waals surface area contributed by atoms with Crippen LogP contribution >= 0.6 is 11.6 Å². The number of carbonyl (C=O) groups is 1. The fourth-order valence-electron chi connectivity index (χ4n) is 1.95. The van der Waals surface area contributed by atoms with Crippen LogP contribution in [0.2, 0.25) is 5.02 Å². The summed E-state index contributed by atoms with van der Waals surface area (Å²) in [5, 5.41) is 3.05. The van der Waals surface area contributed by atoms with Crippen LogP contribution in [-0.4, -0.2) is 27.6 Å². The summed E-state index contributed by atoms with van der Waals surface area (Å²) in [7, 11) is -2.07. The third-order valence-corrected chi connectivity index (χ3v) is 4.85. The van der Waals surface area contributed by atoms with E-state index in [1.54, 1.807) is 6.07 Å². The monoisotopic (exact) mass is 352 g/mol. The van der Waals surface area contributed by atoms with Crippen molar-refractivity contribution in [3.05, 3.63) is 64.7 Å². The van der Waals surface area contributed by atoms with Crippen molar-refractivity contribution < 1.29 is 13.2 Å². The lowest BCUT2D eigenvalue weighted by Gasteiger charge is -2.18. The summed E-state index contributed by atoms with van der Waals surface area (Å²) in [6.45, 7) is 0.388. The second-order valence-corrected chi connectivity index (χ2v) is 7.49. The van der Waals surface area contributed by atoms with E-state index in [0.29, 0.717) is 12.1 Å². The highest BCUT2D eigenvalue weighted by molar-refractivity contribution is 7.92. The SMILES string of the molecule is CN(c1cc(C(=O)NCc2ccccc2)ccc1Cl)S(C)(=O)=O. The first-order chi connectivity index (χ1) is 10.8. The number of carbonyl (C=O) groups excluding carboxylic acids is 1. The van der Waals surface area contributed by atoms with Gasteiger partial charge in [-0.05, 0) is 23.8 Å². The Morgan fingerprint density at radius 3 is 2.43 bits per heavy atom. The summed E-state index contributed by atoms with van der Waals surface area (Å²) in [6, 6.07) is 14.0. The van der Waals surface area contributed by atoms with Crippen molar-refractivity contribution in [2.45, 2.75) is 6.54 Å². The summed E-state index contributed by atoms with van der Waals surface area (Å²) >= 11 is 6.04. The number of benzene rings is 2. The van der Waals surface area contributed by atoms with Gasteiger partial charge in [-0.25, -0.2) is 8.42 Å². The molecule has 0 aliphatic carbocycles. The molecule has 0 spiro atoms. The molecule has 2 rings (SSSR count). The van der Waals surface area contributed by atoms with E-state index in [0.717, 1.165) is 16.1 Å². The molecule has 5 nitrogen and oxygen atoms in total. The molecule has 0 aromatic heterocycles. The molecule has 1 amide bonds. The number of sulfonamides is 1. The molecule has 7 heteroatoms. The van der Waals surface area contributed by atoms with Gasteiger partial charge in [-0.15, -0.1) is 0 Å². The van der Waals surface area contributed by atoms with E-state index in [1.165, 1.54) is 19.2 Å². The van der Waals surface area contributed by atoms with E-state index >= 15 is 0 Å². The van der Waals surface area contributed by atoms with Gasteiger partial charge in [-0.3, -0.25) is 9.10 Å². The van der Waals surface area contributed by atoms with Gasteiger partial charge in [0.25, 0.3) is 5.91 Å². The lowest BCUT2D eigenvalue weighted by Crippen LogP contribution is -2.26. The van der Waals surface area contributed by atoms with Crippen molar-refractivity contribution in [3.8, 4) is 0 Å². The highest BCUT2D eigenvalue weighted by Crippen LogP contribution is 2.27. The molecule has 122 valence electrons. The minimum Gasteiger partial charge on any atom is -0.348 e. The number of hydrogen-bond acceptors (Lipinski definition) is 3. The zero-order valence-electron chi connectivity index (χ0n) is 12.8. The van der Waals surface area contributed by atoms with Crippen LogP contribution < -0.4 is 9.62 Å². The molecule has 0 aliphatic heterocycles. The van der Waals surface area contributed by atoms with Crippen LogP contribution in [0.4, 0.5) is 5.69 Å². The molecule has 0 unspecified atom stereocenters. The van der Waals surface area contributed by atoms with Crippen molar-refractivity contribution >= 4 is 33.2 Å². The molecule has 0 radical (unpaired) electrons. The van der Waals surface area contributed by atoms with Gasteiger partial charge in [0, 0.05) is 19.2 Å². The average Bonchev–Trinajstić information content (AvgIpc) is 2.52. The first-order valence-electron chi connectivity index (χ1n) is 6.84. The summed E-state index contributed by atoms with van der Waals surface area (Å²) in [5.74, 6) is -0.298. The Kier molecular flexibility index (Phi) is 5.28. The summed E-state index contributed by atoms with van der Waals surface area (Å²) in [4.78, 5) is 12.2. The average molecular weight is 353 g/mol. The Morgan fingerprint density at radius 1 is 1.17 bits per heavy atom. The molecule has 0 fully saturated rings. The molecule has 0 aliphatic rings. The molecule has 0 atom stereocenters. The van der Waals surface area contributed by atoms with E-state index in [1.807, 2.05) is 30.3 Å². The van der Waals surface area contributed by atoms with Gasteiger partial charge < -0.3 is 5.32 Å². The van der Waals surface area contributed by atoms with Crippen LogP contribution in [0.25, 0.3) is 0 Å². The van der Waals surface area contributed by atoms with E-state index in [9.17, 15) is 13.2 Å². The fraction of sp³-hybridized carbons (Fsp3) is 0.188. The summed E-state index contributed by atoms with van der Waals surface area (Å²) in [5.41, 5.74) is 1.58. The summed E-state index contributed by atoms with van der Waals surface area (Å²) < 4.78 is 24.3. The smallest absolute Gasteiger partial charge is 0.251 e. The largest absolute Gasteiger partial charge is 0.348 e. The van der Waals surface area contributed by atoms with Crippen molar-refractivity contribution in [1.82, 2.24) is 5.32 Å². The van der Waals surface area contributed by atoms with Gasteiger partial charge >= 0.3 is 0 Å². The number of amides is 1. The van der Waals surface area contributed by atoms with E-state index < -0.39 is 10.0 Å². The van der Waals surface area contributed by atoms with Crippen molar-refractivity contribution in [3.63, 3.8) is 0 Å². The minimum atomic E-state index is -3.46. The van der Waals surface area contributed by atoms with Gasteiger partial charge in [-0.1, -0.05) is 41.9 Å². The highest BCUT2D eigenvalue weighted by atomic mass is 35.5. The number of nitrogens with one attached hydrogen (secondary N) is 1. The third kappa shape index (κ3) is 4.46. The van der Waals surface area contributed by atoms with Gasteiger partial charge in [0.05, 0.1) is 17.0 Å². The number of halogens is 1. The summed E-state index contributed by atoms with van der Waals surface area (Å²) in [6.07, 6.45) is 1.07. The zero-order chi connectivity index (χ0) is 17.0. The standard InChI is InChI=1S/C16H17ClN2O3S/c1-19(23(2,21)22)15-10-13(8-9-14(15)17)16(20)18-11-12-6-4-3-5-7-12/h3-10H,11H2,1-2H3,(H,18,20). The third-order valence-electron chi connectivity index (χ3n) is 3.34. The second-order valence-electron chi connectivity index (χ2n) is 5.06. The van der Waals surface area contributed by atoms with E-state index in [4.69, 9.17) is 11.6 Å². The Balaban J connectivity index is 2.18. The predicted molar refractivity (Wildman–Crippen MR) is 92.3 cm³/mol. The van der Waals surface area contributed by atoms with Gasteiger partial charge in [0.2, 0.25) is 10.0 Å². The van der Waals surface area contributed by atoms with Crippen molar-refractivity contribution in [2.24, 2.45) is 0 Å². The lowest BCUT2D eigenvalue weighted by atomic mass is 10.1. The number of rotatable bonds is 5. The van der Waals surface area contributed by atoms with Crippen LogP contribution in [0.5, 0.6) is 0 Å². The van der Waals surface area contributed by atoms with Gasteiger partial charge in [-0.2, -0.15) is 0 Å². The van der Waals surface area contributed by atoms with Crippen LogP contribution in [0.15, 0.2) is 48.5 Å². The first kappa shape index (κ1) is 17.3. The van der Waals surface area contributed by atoms with E-state index in [2.05, 4.69) is 5.32 Å². The van der Waals surface area contributed by atoms with Gasteiger partial charge in [0.1, 0.15) is 0 Å². The lowest BCUT2D eigenvalue weighted by molar-refractivity contribution is 0.0951. The van der Waals surface area contributed by atoms with Gasteiger partial charge in [0.15, 0.2) is 0 Å². The Morgan fingerprint density at radius 2 is 1.83 bits per heavy atom. The van der Waals surface area contributed by atoms with Crippen molar-refractivity contribution in [1.29, 1.82) is 0 Å². The topological polar surface area (TPSA) is 66.5 Å². The molecule has 0 saturated carbocycles. The zero-order valence-corrected chi connectivity index (χ0v) is 14.4. The van der Waals surface area contributed by atoms with Crippen LogP contribution in [0.1, 0.15) is 15.9 Å². The van der Waals surface area contributed by atoms with Crippen LogP contribution in [0.3, 0.4) is 0 Å². The number of hydrogen-bond donors (Lipinski definition) is 1. The van der Waals surface area contributed by atoms with Crippen LogP contribution in [0, 0.1) is 0 Å². The maximum absolute atomic E-state index is 12.2. The molecule has 0 bridgehead atoms. The Labute approximate surface area is 140 Å². The molecular weight excluding hydrogens is 336 g/mol.